The lowest BCUT2D eigenvalue weighted by atomic mass is 10.0. The molecule has 0 amide bonds. The maximum absolute atomic E-state index is 11.5. The van der Waals surface area contributed by atoms with Crippen molar-refractivity contribution in [3.05, 3.63) is 53.6 Å². The van der Waals surface area contributed by atoms with Gasteiger partial charge in [0, 0.05) is 17.3 Å². The Bertz CT molecular complexity index is 708. The number of rotatable bonds is 5. The molecule has 2 aromatic carbocycles. The van der Waals surface area contributed by atoms with Crippen molar-refractivity contribution in [1.82, 2.24) is 0 Å². The minimum absolute atomic E-state index is 0.152. The first kappa shape index (κ1) is 15.4. The molecule has 0 aliphatic heterocycles. The molecule has 5 heteroatoms. The predicted octanol–water partition coefficient (Wildman–Crippen LogP) is 2.91. The van der Waals surface area contributed by atoms with E-state index in [0.717, 1.165) is 0 Å². The third-order valence-corrected chi connectivity index (χ3v) is 3.20. The fourth-order valence-electron chi connectivity index (χ4n) is 2.08. The molecule has 5 nitrogen and oxygen atoms in total. The second kappa shape index (κ2) is 6.67. The van der Waals surface area contributed by atoms with E-state index in [1.165, 1.54) is 20.3 Å². The van der Waals surface area contributed by atoms with Gasteiger partial charge in [0.1, 0.15) is 0 Å². The first-order chi connectivity index (χ1) is 10.6. The smallest absolute Gasteiger partial charge is 0.336 e. The standard InChI is InChI=1S/C17H17NO4/c1-21-15-9-12(14(18)10-16(15)22-2)8-13(17(19)20)11-6-4-3-5-7-11/h3-10H,18H2,1-2H3,(H,19,20)/b13-8+. The van der Waals surface area contributed by atoms with Crippen LogP contribution in [0.3, 0.4) is 0 Å². The number of carbonyl (C=O) groups is 1. The first-order valence-corrected chi connectivity index (χ1v) is 6.58. The zero-order valence-corrected chi connectivity index (χ0v) is 12.4. The molecule has 0 radical (unpaired) electrons. The maximum atomic E-state index is 11.5. The highest BCUT2D eigenvalue weighted by Crippen LogP contribution is 2.33. The highest BCUT2D eigenvalue weighted by atomic mass is 16.5. The van der Waals surface area contributed by atoms with E-state index in [4.69, 9.17) is 15.2 Å². The molecule has 0 aromatic heterocycles. The molecule has 0 aliphatic carbocycles. The number of nitrogen functional groups attached to an aromatic ring is 1. The average molecular weight is 299 g/mol. The number of nitrogens with two attached hydrogens (primary N) is 1. The van der Waals surface area contributed by atoms with Crippen LogP contribution in [0.25, 0.3) is 11.6 Å². The number of aliphatic carboxylic acids is 1. The third kappa shape index (κ3) is 3.20. The molecule has 0 saturated heterocycles. The number of anilines is 1. The van der Waals surface area contributed by atoms with Crippen molar-refractivity contribution < 1.29 is 19.4 Å². The molecule has 0 bridgehead atoms. The summed E-state index contributed by atoms with van der Waals surface area (Å²) in [5.41, 5.74) is 7.69. The predicted molar refractivity (Wildman–Crippen MR) is 85.9 cm³/mol. The fraction of sp³-hybridized carbons (Fsp3) is 0.118. The van der Waals surface area contributed by atoms with Crippen molar-refractivity contribution >= 4 is 23.3 Å². The van der Waals surface area contributed by atoms with Crippen LogP contribution in [0.5, 0.6) is 11.5 Å². The molecule has 0 heterocycles. The minimum Gasteiger partial charge on any atom is -0.493 e. The van der Waals surface area contributed by atoms with Crippen LogP contribution in [0.15, 0.2) is 42.5 Å². The van der Waals surface area contributed by atoms with Crippen LogP contribution in [0.1, 0.15) is 11.1 Å². The number of hydrogen-bond acceptors (Lipinski definition) is 4. The first-order valence-electron chi connectivity index (χ1n) is 6.58. The van der Waals surface area contributed by atoms with Gasteiger partial charge >= 0.3 is 5.97 Å². The fourth-order valence-corrected chi connectivity index (χ4v) is 2.08. The lowest BCUT2D eigenvalue weighted by Gasteiger charge is -2.11. The molecular formula is C17H17NO4. The van der Waals surface area contributed by atoms with Gasteiger partial charge in [-0.05, 0) is 17.7 Å². The van der Waals surface area contributed by atoms with Crippen LogP contribution >= 0.6 is 0 Å². The third-order valence-electron chi connectivity index (χ3n) is 3.20. The van der Waals surface area contributed by atoms with Crippen molar-refractivity contribution in [2.24, 2.45) is 0 Å². The summed E-state index contributed by atoms with van der Waals surface area (Å²) in [7, 11) is 3.02. The van der Waals surface area contributed by atoms with E-state index in [1.807, 2.05) is 6.07 Å². The molecule has 0 atom stereocenters. The van der Waals surface area contributed by atoms with Gasteiger partial charge in [-0.15, -0.1) is 0 Å². The molecule has 0 aliphatic rings. The Morgan fingerprint density at radius 1 is 1.09 bits per heavy atom. The Balaban J connectivity index is 2.56. The Hall–Kier alpha value is -2.95. The van der Waals surface area contributed by atoms with E-state index in [9.17, 15) is 9.90 Å². The van der Waals surface area contributed by atoms with Crippen LogP contribution in [0.4, 0.5) is 5.69 Å². The van der Waals surface area contributed by atoms with Gasteiger partial charge in [0.05, 0.1) is 19.8 Å². The summed E-state index contributed by atoms with van der Waals surface area (Å²) in [6, 6.07) is 12.1. The van der Waals surface area contributed by atoms with Gasteiger partial charge in [-0.3, -0.25) is 0 Å². The topological polar surface area (TPSA) is 81.8 Å². The van der Waals surface area contributed by atoms with Crippen LogP contribution in [-0.4, -0.2) is 25.3 Å². The molecule has 2 aromatic rings. The molecule has 0 fully saturated rings. The summed E-state index contributed by atoms with van der Waals surface area (Å²) in [5, 5.41) is 9.44. The van der Waals surface area contributed by atoms with Gasteiger partial charge in [-0.2, -0.15) is 0 Å². The second-order valence-electron chi connectivity index (χ2n) is 4.57. The lowest BCUT2D eigenvalue weighted by Crippen LogP contribution is -2.01. The normalized spacial score (nSPS) is 11.1. The Morgan fingerprint density at radius 3 is 2.23 bits per heavy atom. The van der Waals surface area contributed by atoms with Gasteiger partial charge in [-0.25, -0.2) is 4.79 Å². The number of carboxylic acids is 1. The average Bonchev–Trinajstić information content (AvgIpc) is 2.53. The summed E-state index contributed by atoms with van der Waals surface area (Å²) in [5.74, 6) is -0.0464. The van der Waals surface area contributed by atoms with Crippen LogP contribution in [0, 0.1) is 0 Å². The van der Waals surface area contributed by atoms with E-state index in [2.05, 4.69) is 0 Å². The molecule has 114 valence electrons. The van der Waals surface area contributed by atoms with E-state index >= 15 is 0 Å². The van der Waals surface area contributed by atoms with Gasteiger partial charge in [0.25, 0.3) is 0 Å². The maximum Gasteiger partial charge on any atom is 0.336 e. The number of ether oxygens (including phenoxy) is 2. The quantitative estimate of drug-likeness (QED) is 0.504. The highest BCUT2D eigenvalue weighted by Gasteiger charge is 2.13. The molecule has 0 spiro atoms. The summed E-state index contributed by atoms with van der Waals surface area (Å²) in [6.07, 6.45) is 1.52. The summed E-state index contributed by atoms with van der Waals surface area (Å²) < 4.78 is 10.4. The van der Waals surface area contributed by atoms with Crippen LogP contribution < -0.4 is 15.2 Å². The largest absolute Gasteiger partial charge is 0.493 e. The van der Waals surface area contributed by atoms with Crippen molar-refractivity contribution in [2.45, 2.75) is 0 Å². The zero-order chi connectivity index (χ0) is 16.1. The number of benzene rings is 2. The molecule has 3 N–H and O–H groups in total. The minimum atomic E-state index is -1.03. The SMILES string of the molecule is COc1cc(N)c(/C=C(/C(=O)O)c2ccccc2)cc1OC. The Kier molecular flexibility index (Phi) is 4.68. The summed E-state index contributed by atoms with van der Waals surface area (Å²) >= 11 is 0. The zero-order valence-electron chi connectivity index (χ0n) is 12.4. The number of carboxylic acid groups (broad SMARTS) is 1. The van der Waals surface area contributed by atoms with Crippen LogP contribution in [0.2, 0.25) is 0 Å². The summed E-state index contributed by atoms with van der Waals surface area (Å²) in [4.78, 5) is 11.5. The molecule has 22 heavy (non-hydrogen) atoms. The van der Waals surface area contributed by atoms with E-state index in [0.29, 0.717) is 28.3 Å². The van der Waals surface area contributed by atoms with Crippen molar-refractivity contribution in [3.63, 3.8) is 0 Å². The van der Waals surface area contributed by atoms with Gasteiger partial charge in [0.15, 0.2) is 11.5 Å². The van der Waals surface area contributed by atoms with Crippen LogP contribution in [-0.2, 0) is 4.79 Å². The Labute approximate surface area is 128 Å². The molecule has 0 saturated carbocycles. The monoisotopic (exact) mass is 299 g/mol. The van der Waals surface area contributed by atoms with Gasteiger partial charge in [0.2, 0.25) is 0 Å². The number of hydrogen-bond donors (Lipinski definition) is 2. The molecule has 0 unspecified atom stereocenters. The Morgan fingerprint density at radius 2 is 1.68 bits per heavy atom. The van der Waals surface area contributed by atoms with Gasteiger partial charge in [-0.1, -0.05) is 30.3 Å². The second-order valence-corrected chi connectivity index (χ2v) is 4.57. The van der Waals surface area contributed by atoms with E-state index in [-0.39, 0.29) is 5.57 Å². The van der Waals surface area contributed by atoms with Crippen molar-refractivity contribution in [1.29, 1.82) is 0 Å². The van der Waals surface area contributed by atoms with E-state index < -0.39 is 5.97 Å². The molecular weight excluding hydrogens is 282 g/mol. The lowest BCUT2D eigenvalue weighted by molar-refractivity contribution is -0.130. The van der Waals surface area contributed by atoms with Crippen molar-refractivity contribution in [2.75, 3.05) is 20.0 Å². The highest BCUT2D eigenvalue weighted by molar-refractivity contribution is 6.21. The summed E-state index contributed by atoms with van der Waals surface area (Å²) in [6.45, 7) is 0. The molecule has 2 rings (SSSR count). The van der Waals surface area contributed by atoms with Crippen molar-refractivity contribution in [3.8, 4) is 11.5 Å². The number of methoxy groups -OCH3 is 2. The van der Waals surface area contributed by atoms with E-state index in [1.54, 1.807) is 36.4 Å². The van der Waals surface area contributed by atoms with Gasteiger partial charge < -0.3 is 20.3 Å².